The monoisotopic (exact) mass is 419 g/mol. The van der Waals surface area contributed by atoms with E-state index in [1.165, 1.54) is 11.6 Å². The number of carbonyl (C=O) groups excluding carboxylic acids is 1. The lowest BCUT2D eigenvalue weighted by Gasteiger charge is -2.32. The average Bonchev–Trinajstić information content (AvgIpc) is 3.24. The number of aryl methyl sites for hydroxylation is 1. The van der Waals surface area contributed by atoms with Gasteiger partial charge in [-0.3, -0.25) is 19.6 Å². The highest BCUT2D eigenvalue weighted by Crippen LogP contribution is 2.31. The average molecular weight is 419 g/mol. The second-order valence-electron chi connectivity index (χ2n) is 7.83. The van der Waals surface area contributed by atoms with Crippen molar-refractivity contribution in [3.05, 3.63) is 76.1 Å². The summed E-state index contributed by atoms with van der Waals surface area (Å²) in [5.41, 5.74) is 4.16. The van der Waals surface area contributed by atoms with E-state index >= 15 is 0 Å². The summed E-state index contributed by atoms with van der Waals surface area (Å²) >= 11 is 0. The number of aromatic nitrogens is 2. The van der Waals surface area contributed by atoms with Crippen LogP contribution in [-0.2, 0) is 7.05 Å². The topological polar surface area (TPSA) is 93.3 Å². The van der Waals surface area contributed by atoms with Crippen LogP contribution in [0.15, 0.2) is 54.9 Å². The molecule has 2 aromatic carbocycles. The van der Waals surface area contributed by atoms with Crippen molar-refractivity contribution in [1.29, 1.82) is 0 Å². The van der Waals surface area contributed by atoms with Crippen molar-refractivity contribution in [1.82, 2.24) is 14.7 Å². The number of benzene rings is 2. The lowest BCUT2D eigenvalue weighted by Crippen LogP contribution is -2.37. The van der Waals surface area contributed by atoms with Crippen LogP contribution in [0.4, 0.5) is 11.4 Å². The molecule has 4 rings (SSSR count). The fourth-order valence-electron chi connectivity index (χ4n) is 4.14. The van der Waals surface area contributed by atoms with Gasteiger partial charge in [0.2, 0.25) is 0 Å². The Bertz CT molecular complexity index is 1100. The molecule has 1 amide bonds. The fourth-order valence-corrected chi connectivity index (χ4v) is 4.14. The molecule has 0 bridgehead atoms. The number of nitro benzene ring substituents is 1. The molecule has 8 nitrogen and oxygen atoms in total. The van der Waals surface area contributed by atoms with Gasteiger partial charge in [0, 0.05) is 50.6 Å². The molecule has 160 valence electrons. The summed E-state index contributed by atoms with van der Waals surface area (Å²) in [5.74, 6) is 0.240. The largest absolute Gasteiger partial charge is 0.383 e. The van der Waals surface area contributed by atoms with Gasteiger partial charge >= 0.3 is 0 Å². The minimum atomic E-state index is -0.468. The van der Waals surface area contributed by atoms with Crippen LogP contribution in [0, 0.1) is 10.1 Å². The Morgan fingerprint density at radius 1 is 1.13 bits per heavy atom. The third kappa shape index (κ3) is 4.28. The zero-order valence-corrected chi connectivity index (χ0v) is 17.6. The number of carbonyl (C=O) groups is 1. The Balaban J connectivity index is 1.41. The van der Waals surface area contributed by atoms with E-state index in [2.05, 4.69) is 34.7 Å². The van der Waals surface area contributed by atoms with Crippen molar-refractivity contribution in [2.24, 2.45) is 7.05 Å². The van der Waals surface area contributed by atoms with E-state index < -0.39 is 4.92 Å². The van der Waals surface area contributed by atoms with E-state index in [1.54, 1.807) is 28.8 Å². The predicted octanol–water partition coefficient (Wildman–Crippen LogP) is 4.06. The number of hydrogen-bond donors (Lipinski definition) is 1. The third-order valence-corrected chi connectivity index (χ3v) is 5.91. The first kappa shape index (κ1) is 20.6. The number of piperidine rings is 1. The first-order chi connectivity index (χ1) is 15.0. The Labute approximate surface area is 180 Å². The smallest absolute Gasteiger partial charge is 0.293 e. The summed E-state index contributed by atoms with van der Waals surface area (Å²) in [5, 5.41) is 18.3. The van der Waals surface area contributed by atoms with E-state index in [0.29, 0.717) is 30.3 Å². The van der Waals surface area contributed by atoms with Crippen molar-refractivity contribution >= 4 is 17.3 Å². The van der Waals surface area contributed by atoms with Gasteiger partial charge in [-0.25, -0.2) is 0 Å². The Morgan fingerprint density at radius 2 is 1.84 bits per heavy atom. The number of nitrogens with zero attached hydrogens (tertiary/aromatic N) is 4. The number of nitro groups is 1. The molecule has 0 atom stereocenters. The zero-order valence-electron chi connectivity index (χ0n) is 17.6. The van der Waals surface area contributed by atoms with E-state index in [4.69, 9.17) is 0 Å². The summed E-state index contributed by atoms with van der Waals surface area (Å²) < 4.78 is 1.79. The van der Waals surface area contributed by atoms with Crippen LogP contribution >= 0.6 is 0 Å². The third-order valence-electron chi connectivity index (χ3n) is 5.91. The second kappa shape index (κ2) is 8.59. The van der Waals surface area contributed by atoms with E-state index in [1.807, 2.05) is 19.4 Å². The van der Waals surface area contributed by atoms with Crippen LogP contribution in [-0.4, -0.2) is 45.6 Å². The minimum Gasteiger partial charge on any atom is -0.383 e. The standard InChI is InChI=1S/C23H25N5O3/c1-24-21-8-7-19(13-22(21)28(30)31)23(29)27-11-9-18(10-12-27)16-3-5-17(6-4-16)20-14-25-26(2)15-20/h3-8,13-15,18,24H,9-12H2,1-2H3. The highest BCUT2D eigenvalue weighted by molar-refractivity contribution is 5.95. The van der Waals surface area contributed by atoms with Gasteiger partial charge < -0.3 is 10.2 Å². The van der Waals surface area contributed by atoms with Crippen molar-refractivity contribution in [2.45, 2.75) is 18.8 Å². The molecule has 0 spiro atoms. The molecule has 2 heterocycles. The van der Waals surface area contributed by atoms with Crippen LogP contribution in [0.5, 0.6) is 0 Å². The second-order valence-corrected chi connectivity index (χ2v) is 7.83. The zero-order chi connectivity index (χ0) is 22.0. The Kier molecular flexibility index (Phi) is 5.70. The summed E-state index contributed by atoms with van der Waals surface area (Å²) in [6.07, 6.45) is 5.59. The number of likely N-dealkylation sites (tertiary alicyclic amines) is 1. The highest BCUT2D eigenvalue weighted by Gasteiger charge is 2.26. The molecule has 31 heavy (non-hydrogen) atoms. The summed E-state index contributed by atoms with van der Waals surface area (Å²) in [6.45, 7) is 1.27. The fraction of sp³-hybridized carbons (Fsp3) is 0.304. The SMILES string of the molecule is CNc1ccc(C(=O)N2CCC(c3ccc(-c4cnn(C)c4)cc3)CC2)cc1[N+](=O)[O-]. The lowest BCUT2D eigenvalue weighted by molar-refractivity contribution is -0.384. The van der Waals surface area contributed by atoms with Gasteiger partial charge in [0.05, 0.1) is 11.1 Å². The molecule has 8 heteroatoms. The van der Waals surface area contributed by atoms with Crippen LogP contribution in [0.25, 0.3) is 11.1 Å². The van der Waals surface area contributed by atoms with Crippen molar-refractivity contribution in [3.8, 4) is 11.1 Å². The van der Waals surface area contributed by atoms with Crippen molar-refractivity contribution in [3.63, 3.8) is 0 Å². The van der Waals surface area contributed by atoms with E-state index in [-0.39, 0.29) is 11.6 Å². The van der Waals surface area contributed by atoms with Gasteiger partial charge in [0.25, 0.3) is 11.6 Å². The number of hydrogen-bond acceptors (Lipinski definition) is 5. The highest BCUT2D eigenvalue weighted by atomic mass is 16.6. The van der Waals surface area contributed by atoms with Gasteiger partial charge in [-0.05, 0) is 42.0 Å². The van der Waals surface area contributed by atoms with Crippen molar-refractivity contribution < 1.29 is 9.72 Å². The summed E-state index contributed by atoms with van der Waals surface area (Å²) in [7, 11) is 3.53. The minimum absolute atomic E-state index is 0.0862. The molecule has 0 radical (unpaired) electrons. The van der Waals surface area contributed by atoms with Gasteiger partial charge in [-0.1, -0.05) is 24.3 Å². The van der Waals surface area contributed by atoms with E-state index in [9.17, 15) is 14.9 Å². The molecule has 1 aliphatic rings. The normalized spacial score (nSPS) is 14.5. The summed E-state index contributed by atoms with van der Waals surface area (Å²) in [4.78, 5) is 25.5. The maximum atomic E-state index is 12.9. The molecule has 1 fully saturated rings. The molecule has 3 aromatic rings. The summed E-state index contributed by atoms with van der Waals surface area (Å²) in [6, 6.07) is 13.1. The van der Waals surface area contributed by atoms with Gasteiger partial charge in [0.15, 0.2) is 0 Å². The molecule has 0 aliphatic carbocycles. The molecular formula is C23H25N5O3. The van der Waals surface area contributed by atoms with Gasteiger partial charge in [0.1, 0.15) is 5.69 Å². The molecular weight excluding hydrogens is 394 g/mol. The van der Waals surface area contributed by atoms with Gasteiger partial charge in [-0.2, -0.15) is 5.10 Å². The van der Waals surface area contributed by atoms with Gasteiger partial charge in [-0.15, -0.1) is 0 Å². The number of nitrogens with one attached hydrogen (secondary N) is 1. The maximum absolute atomic E-state index is 12.9. The van der Waals surface area contributed by atoms with Crippen LogP contribution < -0.4 is 5.32 Å². The van der Waals surface area contributed by atoms with Crippen LogP contribution in [0.3, 0.4) is 0 Å². The predicted molar refractivity (Wildman–Crippen MR) is 119 cm³/mol. The Hall–Kier alpha value is -3.68. The molecule has 0 unspecified atom stereocenters. The molecule has 1 saturated heterocycles. The molecule has 1 aliphatic heterocycles. The lowest BCUT2D eigenvalue weighted by atomic mass is 9.88. The number of rotatable bonds is 5. The van der Waals surface area contributed by atoms with Crippen LogP contribution in [0.2, 0.25) is 0 Å². The first-order valence-electron chi connectivity index (χ1n) is 10.3. The molecule has 0 saturated carbocycles. The Morgan fingerprint density at radius 3 is 2.42 bits per heavy atom. The molecule has 1 aromatic heterocycles. The quantitative estimate of drug-likeness (QED) is 0.497. The number of anilines is 1. The van der Waals surface area contributed by atoms with Crippen molar-refractivity contribution in [2.75, 3.05) is 25.5 Å². The van der Waals surface area contributed by atoms with Crippen LogP contribution in [0.1, 0.15) is 34.7 Å². The first-order valence-corrected chi connectivity index (χ1v) is 10.3. The maximum Gasteiger partial charge on any atom is 0.293 e. The van der Waals surface area contributed by atoms with E-state index in [0.717, 1.165) is 24.0 Å². The molecule has 1 N–H and O–H groups in total. The number of amides is 1.